The number of carbonyl (C=O) groups excluding carboxylic acids is 1. The van der Waals surface area contributed by atoms with Crippen LogP contribution in [0.25, 0.3) is 10.8 Å². The van der Waals surface area contributed by atoms with Crippen molar-refractivity contribution in [2.24, 2.45) is 0 Å². The summed E-state index contributed by atoms with van der Waals surface area (Å²) >= 11 is 0. The molecule has 1 aromatic heterocycles. The van der Waals surface area contributed by atoms with Gasteiger partial charge >= 0.3 is 5.97 Å². The Kier molecular flexibility index (Phi) is 4.13. The molecule has 1 aromatic carbocycles. The minimum atomic E-state index is -0.256. The van der Waals surface area contributed by atoms with Gasteiger partial charge in [0.1, 0.15) is 11.9 Å². The number of fused-ring (bicyclic) bond motifs is 1. The molecule has 2 N–H and O–H groups in total. The van der Waals surface area contributed by atoms with Gasteiger partial charge in [-0.25, -0.2) is 9.78 Å². The number of hydrogen-bond donors (Lipinski definition) is 1. The number of rotatable bonds is 3. The van der Waals surface area contributed by atoms with E-state index in [1.807, 2.05) is 31.2 Å². The highest BCUT2D eigenvalue weighted by Gasteiger charge is 2.31. The van der Waals surface area contributed by atoms with Gasteiger partial charge in [-0.1, -0.05) is 6.07 Å². The van der Waals surface area contributed by atoms with Crippen molar-refractivity contribution in [3.05, 3.63) is 30.5 Å². The third kappa shape index (κ3) is 2.71. The summed E-state index contributed by atoms with van der Waals surface area (Å²) in [5.74, 6) is 0.660. The number of pyridine rings is 1. The smallest absolute Gasteiger partial charge is 0.328 e. The van der Waals surface area contributed by atoms with E-state index >= 15 is 0 Å². The molecule has 22 heavy (non-hydrogen) atoms. The van der Waals surface area contributed by atoms with E-state index in [9.17, 15) is 4.79 Å². The molecule has 1 atom stereocenters. The average molecular weight is 299 g/mol. The zero-order valence-corrected chi connectivity index (χ0v) is 12.8. The van der Waals surface area contributed by atoms with Gasteiger partial charge in [-0.2, -0.15) is 0 Å². The van der Waals surface area contributed by atoms with Crippen molar-refractivity contribution in [1.29, 1.82) is 0 Å². The van der Waals surface area contributed by atoms with Gasteiger partial charge in [0.2, 0.25) is 0 Å². The normalized spacial score (nSPS) is 18.4. The summed E-state index contributed by atoms with van der Waals surface area (Å²) in [6.45, 7) is 3.05. The lowest BCUT2D eigenvalue weighted by atomic mass is 10.0. The predicted molar refractivity (Wildman–Crippen MR) is 87.8 cm³/mol. The van der Waals surface area contributed by atoms with E-state index in [-0.39, 0.29) is 12.0 Å². The van der Waals surface area contributed by atoms with E-state index in [4.69, 9.17) is 10.5 Å². The fraction of sp³-hybridized carbons (Fsp3) is 0.412. The number of carbonyl (C=O) groups is 1. The number of aromatic nitrogens is 1. The molecule has 0 saturated carbocycles. The van der Waals surface area contributed by atoms with Crippen LogP contribution < -0.4 is 10.6 Å². The van der Waals surface area contributed by atoms with Gasteiger partial charge in [0.15, 0.2) is 0 Å². The van der Waals surface area contributed by atoms with Crippen LogP contribution in [0.3, 0.4) is 0 Å². The average Bonchev–Trinajstić information content (AvgIpc) is 2.54. The van der Waals surface area contributed by atoms with E-state index in [0.717, 1.165) is 42.4 Å². The summed E-state index contributed by atoms with van der Waals surface area (Å²) in [4.78, 5) is 18.9. The van der Waals surface area contributed by atoms with Gasteiger partial charge in [0.25, 0.3) is 0 Å². The van der Waals surface area contributed by atoms with E-state index in [0.29, 0.717) is 12.3 Å². The van der Waals surface area contributed by atoms with E-state index in [1.54, 1.807) is 6.20 Å². The van der Waals surface area contributed by atoms with Gasteiger partial charge < -0.3 is 15.4 Å². The number of nitrogen functional groups attached to an aromatic ring is 1. The summed E-state index contributed by atoms with van der Waals surface area (Å²) in [5, 5.41) is 2.06. The van der Waals surface area contributed by atoms with E-state index in [1.165, 1.54) is 0 Å². The number of benzene rings is 1. The van der Waals surface area contributed by atoms with Gasteiger partial charge in [-0.05, 0) is 49.8 Å². The van der Waals surface area contributed by atoms with Gasteiger partial charge in [-0.15, -0.1) is 0 Å². The molecule has 1 aliphatic heterocycles. The number of hydrogen-bond acceptors (Lipinski definition) is 5. The molecule has 116 valence electrons. The monoisotopic (exact) mass is 299 g/mol. The molecule has 1 unspecified atom stereocenters. The van der Waals surface area contributed by atoms with Crippen LogP contribution in [0.2, 0.25) is 0 Å². The highest BCUT2D eigenvalue weighted by atomic mass is 16.5. The highest BCUT2D eigenvalue weighted by Crippen LogP contribution is 2.31. The summed E-state index contributed by atoms with van der Waals surface area (Å²) in [6.07, 6.45) is 4.67. The minimum absolute atomic E-state index is 0.162. The minimum Gasteiger partial charge on any atom is -0.464 e. The van der Waals surface area contributed by atoms with Crippen LogP contribution in [0.15, 0.2) is 30.5 Å². The maximum Gasteiger partial charge on any atom is 0.328 e. The molecule has 3 rings (SSSR count). The van der Waals surface area contributed by atoms with Crippen molar-refractivity contribution in [3.8, 4) is 0 Å². The molecule has 0 amide bonds. The van der Waals surface area contributed by atoms with Crippen molar-refractivity contribution in [2.75, 3.05) is 23.8 Å². The van der Waals surface area contributed by atoms with Crippen molar-refractivity contribution in [2.45, 2.75) is 32.2 Å². The molecule has 5 nitrogen and oxygen atoms in total. The first-order chi connectivity index (χ1) is 10.7. The second-order valence-corrected chi connectivity index (χ2v) is 5.57. The lowest BCUT2D eigenvalue weighted by Crippen LogP contribution is -2.46. The molecular formula is C17H21N3O2. The number of ether oxygens (including phenoxy) is 1. The molecule has 0 bridgehead atoms. The maximum atomic E-state index is 12.3. The third-order valence-corrected chi connectivity index (χ3v) is 4.10. The fourth-order valence-electron chi connectivity index (χ4n) is 3.07. The summed E-state index contributed by atoms with van der Waals surface area (Å²) in [6, 6.07) is 7.49. The Morgan fingerprint density at radius 1 is 1.41 bits per heavy atom. The second-order valence-electron chi connectivity index (χ2n) is 5.57. The Labute approximate surface area is 130 Å². The van der Waals surface area contributed by atoms with Gasteiger partial charge in [0.05, 0.1) is 6.61 Å². The standard InChI is InChI=1S/C17H21N3O2/c1-2-22-17(21)15-5-3-4-10-20(15)16-14-11-13(18)7-6-12(14)8-9-19-16/h6-9,11,15H,2-5,10,18H2,1H3. The topological polar surface area (TPSA) is 68.5 Å². The fourth-order valence-corrected chi connectivity index (χ4v) is 3.07. The lowest BCUT2D eigenvalue weighted by molar-refractivity contribution is -0.145. The van der Waals surface area contributed by atoms with Gasteiger partial charge in [-0.3, -0.25) is 0 Å². The van der Waals surface area contributed by atoms with Crippen molar-refractivity contribution < 1.29 is 9.53 Å². The SMILES string of the molecule is CCOC(=O)C1CCCCN1c1nccc2ccc(N)cc12. The molecule has 1 fully saturated rings. The molecule has 0 aliphatic carbocycles. The number of esters is 1. The lowest BCUT2D eigenvalue weighted by Gasteiger charge is -2.35. The Hall–Kier alpha value is -2.30. The molecule has 1 aliphatic rings. The van der Waals surface area contributed by atoms with Crippen LogP contribution in [0.1, 0.15) is 26.2 Å². The molecule has 2 aromatic rings. The number of nitrogens with zero attached hydrogens (tertiary/aromatic N) is 2. The molecule has 0 spiro atoms. The quantitative estimate of drug-likeness (QED) is 0.697. The zero-order valence-electron chi connectivity index (χ0n) is 12.8. The van der Waals surface area contributed by atoms with Crippen LogP contribution in [0.4, 0.5) is 11.5 Å². The Morgan fingerprint density at radius 3 is 3.09 bits per heavy atom. The highest BCUT2D eigenvalue weighted by molar-refractivity contribution is 5.95. The first-order valence-corrected chi connectivity index (χ1v) is 7.78. The predicted octanol–water partition coefficient (Wildman–Crippen LogP) is 2.74. The van der Waals surface area contributed by atoms with Crippen molar-refractivity contribution in [1.82, 2.24) is 4.98 Å². The molecule has 2 heterocycles. The molecule has 1 saturated heterocycles. The maximum absolute atomic E-state index is 12.3. The van der Waals surface area contributed by atoms with Gasteiger partial charge in [0, 0.05) is 23.8 Å². The van der Waals surface area contributed by atoms with Crippen LogP contribution in [0.5, 0.6) is 0 Å². The van der Waals surface area contributed by atoms with Crippen molar-refractivity contribution >= 4 is 28.2 Å². The summed E-state index contributed by atoms with van der Waals surface area (Å²) < 4.78 is 5.24. The number of piperidine rings is 1. The third-order valence-electron chi connectivity index (χ3n) is 4.10. The largest absolute Gasteiger partial charge is 0.464 e. The number of anilines is 2. The zero-order chi connectivity index (χ0) is 15.5. The van der Waals surface area contributed by atoms with E-state index < -0.39 is 0 Å². The number of nitrogens with two attached hydrogens (primary N) is 1. The Balaban J connectivity index is 2.03. The van der Waals surface area contributed by atoms with Crippen LogP contribution in [-0.2, 0) is 9.53 Å². The van der Waals surface area contributed by atoms with Crippen molar-refractivity contribution in [3.63, 3.8) is 0 Å². The first-order valence-electron chi connectivity index (χ1n) is 7.78. The van der Waals surface area contributed by atoms with Crippen LogP contribution in [-0.4, -0.2) is 30.1 Å². The molecule has 0 radical (unpaired) electrons. The van der Waals surface area contributed by atoms with E-state index in [2.05, 4.69) is 9.88 Å². The second kappa shape index (κ2) is 6.22. The van der Waals surface area contributed by atoms with Crippen LogP contribution >= 0.6 is 0 Å². The molecule has 5 heteroatoms. The summed E-state index contributed by atoms with van der Waals surface area (Å²) in [5.41, 5.74) is 6.63. The Morgan fingerprint density at radius 2 is 2.27 bits per heavy atom. The van der Waals surface area contributed by atoms with Crippen LogP contribution in [0, 0.1) is 0 Å². The molecular weight excluding hydrogens is 278 g/mol. The first kappa shape index (κ1) is 14.6. The summed E-state index contributed by atoms with van der Waals surface area (Å²) in [7, 11) is 0. The Bertz CT molecular complexity index is 687.